The molecule has 0 saturated carbocycles. The first-order valence-electron chi connectivity index (χ1n) is 8.13. The molecule has 0 atom stereocenters. The molecule has 0 spiro atoms. The number of amides is 1. The first kappa shape index (κ1) is 15.1. The number of imidazole rings is 1. The van der Waals surface area contributed by atoms with Crippen LogP contribution in [0.15, 0.2) is 78.9 Å². The van der Waals surface area contributed by atoms with Crippen molar-refractivity contribution in [1.82, 2.24) is 9.55 Å². The summed E-state index contributed by atoms with van der Waals surface area (Å²) in [6.45, 7) is 1.50. The maximum Gasteiger partial charge on any atom is 0.221 e. The van der Waals surface area contributed by atoms with E-state index in [0.717, 1.165) is 33.8 Å². The Hall–Kier alpha value is -3.40. The van der Waals surface area contributed by atoms with Crippen molar-refractivity contribution in [2.75, 3.05) is 5.32 Å². The van der Waals surface area contributed by atoms with Crippen LogP contribution in [0.1, 0.15) is 6.92 Å². The van der Waals surface area contributed by atoms with Crippen molar-refractivity contribution in [3.05, 3.63) is 78.9 Å². The van der Waals surface area contributed by atoms with Gasteiger partial charge >= 0.3 is 0 Å². The van der Waals surface area contributed by atoms with Gasteiger partial charge in [-0.3, -0.25) is 9.36 Å². The molecule has 1 amide bonds. The summed E-state index contributed by atoms with van der Waals surface area (Å²) in [5.41, 5.74) is 4.84. The highest BCUT2D eigenvalue weighted by atomic mass is 16.1. The van der Waals surface area contributed by atoms with Crippen molar-refractivity contribution in [2.45, 2.75) is 6.92 Å². The molecule has 25 heavy (non-hydrogen) atoms. The minimum Gasteiger partial charge on any atom is -0.326 e. The minimum absolute atomic E-state index is 0.0780. The highest BCUT2D eigenvalue weighted by Crippen LogP contribution is 2.28. The van der Waals surface area contributed by atoms with Crippen molar-refractivity contribution in [2.24, 2.45) is 0 Å². The summed E-state index contributed by atoms with van der Waals surface area (Å²) in [5, 5.41) is 2.80. The molecule has 0 radical (unpaired) electrons. The summed E-state index contributed by atoms with van der Waals surface area (Å²) >= 11 is 0. The zero-order valence-electron chi connectivity index (χ0n) is 13.8. The van der Waals surface area contributed by atoms with E-state index < -0.39 is 0 Å². The fraction of sp³-hybridized carbons (Fsp3) is 0.0476. The van der Waals surface area contributed by atoms with Gasteiger partial charge in [0.15, 0.2) is 0 Å². The lowest BCUT2D eigenvalue weighted by atomic mass is 10.2. The zero-order valence-corrected chi connectivity index (χ0v) is 13.8. The molecule has 0 saturated heterocycles. The summed E-state index contributed by atoms with van der Waals surface area (Å²) in [5.74, 6) is 0.819. The van der Waals surface area contributed by atoms with Crippen LogP contribution < -0.4 is 5.32 Å². The van der Waals surface area contributed by atoms with Gasteiger partial charge in [0.25, 0.3) is 0 Å². The van der Waals surface area contributed by atoms with Gasteiger partial charge in [-0.05, 0) is 36.4 Å². The van der Waals surface area contributed by atoms with E-state index in [0.29, 0.717) is 0 Å². The number of benzene rings is 3. The maximum atomic E-state index is 11.2. The van der Waals surface area contributed by atoms with E-state index in [4.69, 9.17) is 4.98 Å². The first-order chi connectivity index (χ1) is 12.2. The molecule has 0 aliphatic heterocycles. The van der Waals surface area contributed by atoms with Gasteiger partial charge in [0.1, 0.15) is 5.82 Å². The number of para-hydroxylation sites is 2. The number of carbonyl (C=O) groups excluding carboxylic acids is 1. The van der Waals surface area contributed by atoms with Gasteiger partial charge in [-0.25, -0.2) is 4.98 Å². The number of anilines is 1. The van der Waals surface area contributed by atoms with E-state index in [1.807, 2.05) is 60.7 Å². The van der Waals surface area contributed by atoms with E-state index in [1.165, 1.54) is 6.92 Å². The fourth-order valence-corrected chi connectivity index (χ4v) is 2.97. The summed E-state index contributed by atoms with van der Waals surface area (Å²) < 4.78 is 2.14. The number of nitrogens with one attached hydrogen (secondary N) is 1. The largest absolute Gasteiger partial charge is 0.326 e. The summed E-state index contributed by atoms with van der Waals surface area (Å²) in [6, 6.07) is 26.0. The summed E-state index contributed by atoms with van der Waals surface area (Å²) in [6.07, 6.45) is 0. The average Bonchev–Trinajstić information content (AvgIpc) is 3.02. The minimum atomic E-state index is -0.0780. The predicted molar refractivity (Wildman–Crippen MR) is 101 cm³/mol. The van der Waals surface area contributed by atoms with Gasteiger partial charge in [0, 0.05) is 23.9 Å². The van der Waals surface area contributed by atoms with Crippen molar-refractivity contribution < 1.29 is 4.79 Å². The molecule has 0 bridgehead atoms. The van der Waals surface area contributed by atoms with Crippen LogP contribution in [0.4, 0.5) is 5.69 Å². The quantitative estimate of drug-likeness (QED) is 0.595. The van der Waals surface area contributed by atoms with Gasteiger partial charge in [0.2, 0.25) is 5.91 Å². The average molecular weight is 327 g/mol. The SMILES string of the molecule is CC(=O)Nc1ccc(-n2c(-c3ccccc3)nc3ccccc32)cc1. The van der Waals surface area contributed by atoms with Crippen molar-refractivity contribution >= 4 is 22.6 Å². The van der Waals surface area contributed by atoms with Gasteiger partial charge in [-0.1, -0.05) is 42.5 Å². The Balaban J connectivity index is 1.89. The van der Waals surface area contributed by atoms with Crippen LogP contribution in [0, 0.1) is 0 Å². The van der Waals surface area contributed by atoms with Gasteiger partial charge < -0.3 is 5.32 Å². The van der Waals surface area contributed by atoms with Gasteiger partial charge in [0.05, 0.1) is 11.0 Å². The lowest BCUT2D eigenvalue weighted by Crippen LogP contribution is -2.05. The molecule has 0 unspecified atom stereocenters. The Labute approximate surface area is 145 Å². The normalized spacial score (nSPS) is 10.8. The Morgan fingerprint density at radius 3 is 2.28 bits per heavy atom. The molecule has 4 rings (SSSR count). The standard InChI is InChI=1S/C21H17N3O/c1-15(25)22-17-11-13-18(14-12-17)24-20-10-6-5-9-19(20)23-21(24)16-7-3-2-4-8-16/h2-14H,1H3,(H,22,25). The van der Waals surface area contributed by atoms with Crippen LogP contribution in [-0.2, 0) is 4.79 Å². The third-order valence-corrected chi connectivity index (χ3v) is 4.04. The maximum absolute atomic E-state index is 11.2. The van der Waals surface area contributed by atoms with Crippen molar-refractivity contribution in [1.29, 1.82) is 0 Å². The highest BCUT2D eigenvalue weighted by Gasteiger charge is 2.13. The number of rotatable bonds is 3. The van der Waals surface area contributed by atoms with Gasteiger partial charge in [-0.2, -0.15) is 0 Å². The number of hydrogen-bond acceptors (Lipinski definition) is 2. The topological polar surface area (TPSA) is 46.9 Å². The van der Waals surface area contributed by atoms with E-state index >= 15 is 0 Å². The summed E-state index contributed by atoms with van der Waals surface area (Å²) in [4.78, 5) is 16.0. The Morgan fingerprint density at radius 2 is 1.56 bits per heavy atom. The third-order valence-electron chi connectivity index (χ3n) is 4.04. The molecule has 1 heterocycles. The van der Waals surface area contributed by atoms with Crippen LogP contribution in [0.2, 0.25) is 0 Å². The fourth-order valence-electron chi connectivity index (χ4n) is 2.97. The van der Waals surface area contributed by atoms with Crippen LogP contribution in [0.25, 0.3) is 28.1 Å². The van der Waals surface area contributed by atoms with Crippen LogP contribution in [0.5, 0.6) is 0 Å². The first-order valence-corrected chi connectivity index (χ1v) is 8.13. The second kappa shape index (κ2) is 6.24. The van der Waals surface area contributed by atoms with E-state index in [1.54, 1.807) is 0 Å². The van der Waals surface area contributed by atoms with Crippen molar-refractivity contribution in [3.63, 3.8) is 0 Å². The number of nitrogens with zero attached hydrogens (tertiary/aromatic N) is 2. The van der Waals surface area contributed by atoms with Crippen LogP contribution in [0.3, 0.4) is 0 Å². The molecular weight excluding hydrogens is 310 g/mol. The second-order valence-electron chi connectivity index (χ2n) is 5.85. The van der Waals surface area contributed by atoms with Crippen LogP contribution >= 0.6 is 0 Å². The molecule has 0 aliphatic carbocycles. The molecule has 1 aromatic heterocycles. The zero-order chi connectivity index (χ0) is 17.2. The number of fused-ring (bicyclic) bond motifs is 1. The van der Waals surface area contributed by atoms with Crippen LogP contribution in [-0.4, -0.2) is 15.5 Å². The molecule has 4 heteroatoms. The molecule has 122 valence electrons. The monoisotopic (exact) mass is 327 g/mol. The molecular formula is C21H17N3O. The molecule has 3 aromatic carbocycles. The van der Waals surface area contributed by atoms with E-state index in [-0.39, 0.29) is 5.91 Å². The number of hydrogen-bond donors (Lipinski definition) is 1. The van der Waals surface area contributed by atoms with Gasteiger partial charge in [-0.15, -0.1) is 0 Å². The molecule has 0 aliphatic rings. The summed E-state index contributed by atoms with van der Waals surface area (Å²) in [7, 11) is 0. The number of aromatic nitrogens is 2. The Morgan fingerprint density at radius 1 is 0.880 bits per heavy atom. The Bertz CT molecular complexity index is 1030. The van der Waals surface area contributed by atoms with E-state index in [2.05, 4.69) is 28.1 Å². The predicted octanol–water partition coefficient (Wildman–Crippen LogP) is 4.65. The molecule has 4 aromatic rings. The molecule has 4 nitrogen and oxygen atoms in total. The van der Waals surface area contributed by atoms with E-state index in [9.17, 15) is 4.79 Å². The molecule has 1 N–H and O–H groups in total. The number of carbonyl (C=O) groups is 1. The highest BCUT2D eigenvalue weighted by molar-refractivity contribution is 5.89. The lowest BCUT2D eigenvalue weighted by molar-refractivity contribution is -0.114. The molecule has 0 fully saturated rings. The Kier molecular flexibility index (Phi) is 3.78. The third kappa shape index (κ3) is 2.90. The smallest absolute Gasteiger partial charge is 0.221 e. The lowest BCUT2D eigenvalue weighted by Gasteiger charge is -2.11. The second-order valence-corrected chi connectivity index (χ2v) is 5.85. The van der Waals surface area contributed by atoms with Crippen molar-refractivity contribution in [3.8, 4) is 17.1 Å².